The molecule has 3 heteroatoms. The number of hydrogen-bond donors (Lipinski definition) is 0. The number of halogens is 3. The first-order chi connectivity index (χ1) is 13.6. The molecule has 0 heterocycles. The molecule has 0 unspecified atom stereocenters. The van der Waals surface area contributed by atoms with Gasteiger partial charge in [0.2, 0.25) is 0 Å². The van der Waals surface area contributed by atoms with Crippen LogP contribution in [-0.4, -0.2) is 0 Å². The van der Waals surface area contributed by atoms with Crippen molar-refractivity contribution in [2.75, 3.05) is 0 Å². The van der Waals surface area contributed by atoms with Crippen LogP contribution in [0.3, 0.4) is 0 Å². The molecule has 1 aliphatic rings. The van der Waals surface area contributed by atoms with Gasteiger partial charge in [0.05, 0.1) is 5.02 Å². The molecule has 0 saturated carbocycles. The third-order valence-corrected chi connectivity index (χ3v) is 6.52. The van der Waals surface area contributed by atoms with Crippen molar-refractivity contribution in [3.8, 4) is 0 Å². The third-order valence-electron chi connectivity index (χ3n) is 6.21. The molecule has 2 atom stereocenters. The Hall–Kier alpha value is -1.93. The predicted octanol–water partition coefficient (Wildman–Crippen LogP) is 8.05. The zero-order valence-electron chi connectivity index (χ0n) is 16.2. The number of rotatable bonds is 5. The van der Waals surface area contributed by atoms with Gasteiger partial charge in [0.1, 0.15) is 11.6 Å². The van der Waals surface area contributed by atoms with E-state index in [1.165, 1.54) is 36.5 Å². The van der Waals surface area contributed by atoms with Gasteiger partial charge in [0.15, 0.2) is 0 Å². The maximum atomic E-state index is 14.3. The van der Waals surface area contributed by atoms with E-state index in [0.29, 0.717) is 11.3 Å². The zero-order chi connectivity index (χ0) is 19.7. The Kier molecular flexibility index (Phi) is 5.68. The molecule has 4 rings (SSSR count). The minimum Gasteiger partial charge on any atom is -0.206 e. The fraction of sp³-hybridized carbons (Fsp3) is 0.360. The highest BCUT2D eigenvalue weighted by Crippen LogP contribution is 2.45. The summed E-state index contributed by atoms with van der Waals surface area (Å²) in [5.74, 6) is 0.0376. The average Bonchev–Trinajstić information content (AvgIpc) is 2.70. The maximum absolute atomic E-state index is 14.3. The van der Waals surface area contributed by atoms with Crippen LogP contribution in [0.1, 0.15) is 61.6 Å². The molecule has 0 aliphatic heterocycles. The summed E-state index contributed by atoms with van der Waals surface area (Å²) in [6.45, 7) is 2.21. The van der Waals surface area contributed by atoms with Crippen LogP contribution in [0.15, 0.2) is 48.5 Å². The van der Waals surface area contributed by atoms with Gasteiger partial charge in [0, 0.05) is 11.3 Å². The van der Waals surface area contributed by atoms with Crippen LogP contribution in [-0.2, 0) is 6.42 Å². The standard InChI is InChI=1S/C25H25ClF2/c1-2-3-4-6-16-9-11-19-18-7-5-8-23(27)20(18)12-13-21(19)25(16)17-10-14-22(26)24(28)15-17/h5,7-8,10,12-16,25H,2-4,6,9,11H2,1H3/t16-,25-/m1/s1. The van der Waals surface area contributed by atoms with Crippen LogP contribution in [0.25, 0.3) is 10.8 Å². The molecule has 0 amide bonds. The quantitative estimate of drug-likeness (QED) is 0.381. The van der Waals surface area contributed by atoms with Crippen molar-refractivity contribution in [1.82, 2.24) is 0 Å². The molecule has 0 radical (unpaired) electrons. The molecule has 0 aromatic heterocycles. The summed E-state index contributed by atoms with van der Waals surface area (Å²) in [7, 11) is 0. The molecule has 0 saturated heterocycles. The lowest BCUT2D eigenvalue weighted by Gasteiger charge is -2.35. The van der Waals surface area contributed by atoms with E-state index in [-0.39, 0.29) is 22.6 Å². The summed E-state index contributed by atoms with van der Waals surface area (Å²) >= 11 is 5.94. The fourth-order valence-electron chi connectivity index (χ4n) is 4.84. The van der Waals surface area contributed by atoms with Crippen LogP contribution in [0.2, 0.25) is 5.02 Å². The van der Waals surface area contributed by atoms with E-state index in [0.717, 1.165) is 30.2 Å². The Bertz CT molecular complexity index is 995. The van der Waals surface area contributed by atoms with Crippen LogP contribution in [0, 0.1) is 17.6 Å². The van der Waals surface area contributed by atoms with Crippen molar-refractivity contribution in [3.63, 3.8) is 0 Å². The van der Waals surface area contributed by atoms with E-state index in [1.807, 2.05) is 18.2 Å². The Labute approximate surface area is 170 Å². The minimum atomic E-state index is -0.370. The second kappa shape index (κ2) is 8.21. The Morgan fingerprint density at radius 2 is 1.82 bits per heavy atom. The largest absolute Gasteiger partial charge is 0.206 e. The first-order valence-electron chi connectivity index (χ1n) is 10.2. The SMILES string of the molecule is CCCCC[C@@H]1CCc2c(ccc3c(F)cccc23)[C@H]1c1ccc(Cl)c(F)c1. The summed E-state index contributed by atoms with van der Waals surface area (Å²) in [5.41, 5.74) is 3.40. The van der Waals surface area contributed by atoms with Crippen molar-refractivity contribution < 1.29 is 8.78 Å². The lowest BCUT2D eigenvalue weighted by Crippen LogP contribution is -2.22. The number of fused-ring (bicyclic) bond motifs is 3. The van der Waals surface area contributed by atoms with E-state index in [2.05, 4.69) is 13.0 Å². The van der Waals surface area contributed by atoms with E-state index in [9.17, 15) is 8.78 Å². The molecular weight excluding hydrogens is 374 g/mol. The number of benzene rings is 3. The van der Waals surface area contributed by atoms with Gasteiger partial charge >= 0.3 is 0 Å². The fourth-order valence-corrected chi connectivity index (χ4v) is 4.96. The molecule has 0 fully saturated rings. The van der Waals surface area contributed by atoms with Gasteiger partial charge in [-0.1, -0.05) is 68.1 Å². The lowest BCUT2D eigenvalue weighted by atomic mass is 9.69. The zero-order valence-corrected chi connectivity index (χ0v) is 16.9. The van der Waals surface area contributed by atoms with Crippen molar-refractivity contribution in [1.29, 1.82) is 0 Å². The van der Waals surface area contributed by atoms with Crippen LogP contribution in [0.5, 0.6) is 0 Å². The van der Waals surface area contributed by atoms with Crippen LogP contribution in [0.4, 0.5) is 8.78 Å². The van der Waals surface area contributed by atoms with E-state index in [4.69, 9.17) is 11.6 Å². The van der Waals surface area contributed by atoms with Crippen molar-refractivity contribution in [2.45, 2.75) is 51.4 Å². The van der Waals surface area contributed by atoms with Crippen LogP contribution < -0.4 is 0 Å². The lowest BCUT2D eigenvalue weighted by molar-refractivity contribution is 0.369. The Morgan fingerprint density at radius 3 is 2.61 bits per heavy atom. The Balaban J connectivity index is 1.83. The number of unbranched alkanes of at least 4 members (excludes halogenated alkanes) is 2. The summed E-state index contributed by atoms with van der Waals surface area (Å²) in [4.78, 5) is 0. The van der Waals surface area contributed by atoms with Gasteiger partial charge in [-0.3, -0.25) is 0 Å². The Morgan fingerprint density at radius 1 is 0.964 bits per heavy atom. The second-order valence-electron chi connectivity index (χ2n) is 7.91. The maximum Gasteiger partial charge on any atom is 0.142 e. The number of hydrogen-bond acceptors (Lipinski definition) is 0. The highest BCUT2D eigenvalue weighted by Gasteiger charge is 2.32. The van der Waals surface area contributed by atoms with Gasteiger partial charge in [-0.2, -0.15) is 0 Å². The van der Waals surface area contributed by atoms with Crippen LogP contribution >= 0.6 is 11.6 Å². The molecule has 28 heavy (non-hydrogen) atoms. The molecule has 0 N–H and O–H groups in total. The molecule has 0 bridgehead atoms. The van der Waals surface area contributed by atoms with E-state index < -0.39 is 0 Å². The van der Waals surface area contributed by atoms with E-state index in [1.54, 1.807) is 18.2 Å². The average molecular weight is 399 g/mol. The molecule has 3 aromatic carbocycles. The summed E-state index contributed by atoms with van der Waals surface area (Å²) in [6, 6.07) is 14.4. The van der Waals surface area contributed by atoms with Crippen molar-refractivity contribution >= 4 is 22.4 Å². The van der Waals surface area contributed by atoms with Gasteiger partial charge in [-0.05, 0) is 65.5 Å². The van der Waals surface area contributed by atoms with Crippen molar-refractivity contribution in [3.05, 3.63) is 81.9 Å². The molecule has 0 nitrogen and oxygen atoms in total. The summed E-state index contributed by atoms with van der Waals surface area (Å²) < 4.78 is 28.6. The molecule has 1 aliphatic carbocycles. The normalized spacial score (nSPS) is 19.0. The predicted molar refractivity (Wildman–Crippen MR) is 113 cm³/mol. The van der Waals surface area contributed by atoms with Gasteiger partial charge in [-0.25, -0.2) is 8.78 Å². The second-order valence-corrected chi connectivity index (χ2v) is 8.32. The molecule has 146 valence electrons. The molecule has 3 aromatic rings. The van der Waals surface area contributed by atoms with E-state index >= 15 is 0 Å². The highest BCUT2D eigenvalue weighted by molar-refractivity contribution is 6.30. The summed E-state index contributed by atoms with van der Waals surface area (Å²) in [5, 5.41) is 1.82. The van der Waals surface area contributed by atoms with Gasteiger partial charge in [0.25, 0.3) is 0 Å². The number of aryl methyl sites for hydroxylation is 1. The topological polar surface area (TPSA) is 0 Å². The van der Waals surface area contributed by atoms with Gasteiger partial charge in [-0.15, -0.1) is 0 Å². The smallest absolute Gasteiger partial charge is 0.142 e. The first-order valence-corrected chi connectivity index (χ1v) is 10.6. The summed E-state index contributed by atoms with van der Waals surface area (Å²) in [6.07, 6.45) is 6.71. The first kappa shape index (κ1) is 19.4. The third kappa shape index (κ3) is 3.55. The molecular formula is C25H25ClF2. The monoisotopic (exact) mass is 398 g/mol. The van der Waals surface area contributed by atoms with Crippen molar-refractivity contribution in [2.24, 2.45) is 5.92 Å². The highest BCUT2D eigenvalue weighted by atomic mass is 35.5. The minimum absolute atomic E-state index is 0.125. The molecule has 0 spiro atoms. The van der Waals surface area contributed by atoms with Gasteiger partial charge < -0.3 is 0 Å².